The number of aryl methyl sites for hydroxylation is 2. The van der Waals surface area contributed by atoms with Gasteiger partial charge in [0.15, 0.2) is 11.0 Å². The van der Waals surface area contributed by atoms with E-state index in [-0.39, 0.29) is 0 Å². The first kappa shape index (κ1) is 19.2. The van der Waals surface area contributed by atoms with E-state index in [9.17, 15) is 0 Å². The number of thioether (sulfide) groups is 1. The van der Waals surface area contributed by atoms with Crippen LogP contribution in [0.15, 0.2) is 72.0 Å². The first-order valence-electron chi connectivity index (χ1n) is 9.36. The highest BCUT2D eigenvalue weighted by atomic mass is 32.2. The van der Waals surface area contributed by atoms with Crippen LogP contribution in [0.4, 0.5) is 0 Å². The van der Waals surface area contributed by atoms with E-state index in [2.05, 4.69) is 51.8 Å². The summed E-state index contributed by atoms with van der Waals surface area (Å²) in [6, 6.07) is 20.2. The van der Waals surface area contributed by atoms with Gasteiger partial charge in [-0.3, -0.25) is 9.55 Å². The summed E-state index contributed by atoms with van der Waals surface area (Å²) in [6.45, 7) is 4.26. The molecule has 0 fully saturated rings. The molecule has 0 bridgehead atoms. The van der Waals surface area contributed by atoms with Gasteiger partial charge in [0.25, 0.3) is 0 Å². The molecule has 0 spiro atoms. The maximum Gasteiger partial charge on any atom is 0.196 e. The number of aromatic nitrogens is 4. The van der Waals surface area contributed by atoms with Crippen LogP contribution in [0.25, 0.3) is 17.2 Å². The number of pyridine rings is 1. The highest BCUT2D eigenvalue weighted by molar-refractivity contribution is 7.98. The van der Waals surface area contributed by atoms with Gasteiger partial charge in [-0.2, -0.15) is 0 Å². The van der Waals surface area contributed by atoms with Crippen LogP contribution in [0, 0.1) is 13.8 Å². The zero-order valence-electron chi connectivity index (χ0n) is 16.7. The average molecular weight is 403 g/mol. The smallest absolute Gasteiger partial charge is 0.196 e. The molecule has 0 atom stereocenters. The van der Waals surface area contributed by atoms with Gasteiger partial charge < -0.3 is 4.74 Å². The molecule has 29 heavy (non-hydrogen) atoms. The van der Waals surface area contributed by atoms with Crippen molar-refractivity contribution in [2.75, 3.05) is 7.11 Å². The summed E-state index contributed by atoms with van der Waals surface area (Å²) in [5.74, 6) is 2.36. The SMILES string of the molecule is COc1ccc(-n2c(SCc3cc(C)ccc3C)nnc2-c2ccccn2)cc1. The minimum Gasteiger partial charge on any atom is -0.497 e. The van der Waals surface area contributed by atoms with Crippen molar-refractivity contribution in [3.63, 3.8) is 0 Å². The normalized spacial score (nSPS) is 10.9. The van der Waals surface area contributed by atoms with Crippen molar-refractivity contribution >= 4 is 11.8 Å². The molecular formula is C23H22N4OS. The number of ether oxygens (including phenoxy) is 1. The summed E-state index contributed by atoms with van der Waals surface area (Å²) in [7, 11) is 1.67. The van der Waals surface area contributed by atoms with Crippen molar-refractivity contribution in [1.29, 1.82) is 0 Å². The second-order valence-corrected chi connectivity index (χ2v) is 7.72. The Kier molecular flexibility index (Phi) is 5.62. The molecule has 0 saturated heterocycles. The van der Waals surface area contributed by atoms with E-state index in [4.69, 9.17) is 4.74 Å². The van der Waals surface area contributed by atoms with E-state index < -0.39 is 0 Å². The fraction of sp³-hybridized carbons (Fsp3) is 0.174. The molecule has 2 aromatic carbocycles. The Morgan fingerprint density at radius 1 is 0.966 bits per heavy atom. The molecule has 0 aliphatic carbocycles. The fourth-order valence-electron chi connectivity index (χ4n) is 3.09. The van der Waals surface area contributed by atoms with Crippen LogP contribution < -0.4 is 4.74 Å². The highest BCUT2D eigenvalue weighted by Gasteiger charge is 2.17. The van der Waals surface area contributed by atoms with Gasteiger partial charge in [0.2, 0.25) is 0 Å². The summed E-state index contributed by atoms with van der Waals surface area (Å²) in [5.41, 5.74) is 5.61. The zero-order chi connectivity index (χ0) is 20.2. The Balaban J connectivity index is 1.73. The third-order valence-electron chi connectivity index (χ3n) is 4.72. The third kappa shape index (κ3) is 4.17. The molecule has 6 heteroatoms. The third-order valence-corrected chi connectivity index (χ3v) is 5.70. The molecule has 4 aromatic rings. The van der Waals surface area contributed by atoms with Crippen molar-refractivity contribution in [3.05, 3.63) is 83.6 Å². The Morgan fingerprint density at radius 3 is 2.52 bits per heavy atom. The van der Waals surface area contributed by atoms with Crippen LogP contribution in [0.5, 0.6) is 5.75 Å². The van der Waals surface area contributed by atoms with Gasteiger partial charge in [-0.25, -0.2) is 0 Å². The largest absolute Gasteiger partial charge is 0.497 e. The van der Waals surface area contributed by atoms with Gasteiger partial charge in [-0.05, 0) is 61.4 Å². The topological polar surface area (TPSA) is 52.8 Å². The summed E-state index contributed by atoms with van der Waals surface area (Å²) in [4.78, 5) is 4.47. The Morgan fingerprint density at radius 2 is 1.79 bits per heavy atom. The second kappa shape index (κ2) is 8.49. The minimum atomic E-state index is 0.722. The average Bonchev–Trinajstić information content (AvgIpc) is 3.19. The molecule has 0 saturated carbocycles. The number of rotatable bonds is 6. The first-order chi connectivity index (χ1) is 14.2. The first-order valence-corrected chi connectivity index (χ1v) is 10.3. The van der Waals surface area contributed by atoms with Gasteiger partial charge >= 0.3 is 0 Å². The van der Waals surface area contributed by atoms with Gasteiger partial charge in [0, 0.05) is 11.9 Å². The number of hydrogen-bond acceptors (Lipinski definition) is 5. The van der Waals surface area contributed by atoms with Crippen LogP contribution in [0.2, 0.25) is 0 Å². The van der Waals surface area contributed by atoms with Crippen molar-refractivity contribution in [3.8, 4) is 23.0 Å². The van der Waals surface area contributed by atoms with E-state index in [1.807, 2.05) is 42.5 Å². The van der Waals surface area contributed by atoms with Gasteiger partial charge in [-0.15, -0.1) is 10.2 Å². The predicted molar refractivity (Wildman–Crippen MR) is 117 cm³/mol. The maximum atomic E-state index is 5.30. The summed E-state index contributed by atoms with van der Waals surface area (Å²) in [6.07, 6.45) is 1.77. The summed E-state index contributed by atoms with van der Waals surface area (Å²) >= 11 is 1.67. The molecule has 0 aliphatic heterocycles. The molecule has 5 nitrogen and oxygen atoms in total. The van der Waals surface area contributed by atoms with Crippen molar-refractivity contribution in [2.45, 2.75) is 24.8 Å². The standard InChI is InChI=1S/C23H22N4OS/c1-16-7-8-17(2)18(14-16)15-29-23-26-25-22(21-6-4-5-13-24-21)27(23)19-9-11-20(28-3)12-10-19/h4-14H,15H2,1-3H3. The Hall–Kier alpha value is -3.12. The summed E-state index contributed by atoms with van der Waals surface area (Å²) in [5, 5.41) is 9.77. The Bertz CT molecular complexity index is 1110. The minimum absolute atomic E-state index is 0.722. The fourth-order valence-corrected chi connectivity index (χ4v) is 4.10. The molecule has 0 N–H and O–H groups in total. The van der Waals surface area contributed by atoms with Crippen molar-refractivity contribution < 1.29 is 4.74 Å². The van der Waals surface area contributed by atoms with Crippen LogP contribution in [-0.4, -0.2) is 26.9 Å². The molecule has 2 heterocycles. The van der Waals surface area contributed by atoms with E-state index in [1.54, 1.807) is 25.1 Å². The number of hydrogen-bond donors (Lipinski definition) is 0. The monoisotopic (exact) mass is 402 g/mol. The van der Waals surface area contributed by atoms with Crippen molar-refractivity contribution in [1.82, 2.24) is 19.7 Å². The molecular weight excluding hydrogens is 380 g/mol. The van der Waals surface area contributed by atoms with Crippen LogP contribution in [0.1, 0.15) is 16.7 Å². The molecule has 146 valence electrons. The lowest BCUT2D eigenvalue weighted by atomic mass is 10.1. The lowest BCUT2D eigenvalue weighted by molar-refractivity contribution is 0.414. The second-order valence-electron chi connectivity index (χ2n) is 6.77. The quantitative estimate of drug-likeness (QED) is 0.413. The number of benzene rings is 2. The summed E-state index contributed by atoms with van der Waals surface area (Å²) < 4.78 is 7.36. The number of methoxy groups -OCH3 is 1. The van der Waals surface area contributed by atoms with E-state index in [0.29, 0.717) is 0 Å². The van der Waals surface area contributed by atoms with Crippen LogP contribution in [-0.2, 0) is 5.75 Å². The van der Waals surface area contributed by atoms with E-state index in [0.717, 1.165) is 33.9 Å². The maximum absolute atomic E-state index is 5.30. The van der Waals surface area contributed by atoms with Gasteiger partial charge in [-0.1, -0.05) is 41.6 Å². The molecule has 4 rings (SSSR count). The lowest BCUT2D eigenvalue weighted by Crippen LogP contribution is -2.01. The van der Waals surface area contributed by atoms with Crippen LogP contribution in [0.3, 0.4) is 0 Å². The molecule has 0 amide bonds. The number of nitrogens with zero attached hydrogens (tertiary/aromatic N) is 4. The van der Waals surface area contributed by atoms with Crippen molar-refractivity contribution in [2.24, 2.45) is 0 Å². The molecule has 0 aliphatic rings. The molecule has 0 unspecified atom stereocenters. The Labute approximate surface area is 174 Å². The van der Waals surface area contributed by atoms with E-state index >= 15 is 0 Å². The highest BCUT2D eigenvalue weighted by Crippen LogP contribution is 2.30. The molecule has 0 radical (unpaired) electrons. The van der Waals surface area contributed by atoms with E-state index in [1.165, 1.54) is 16.7 Å². The zero-order valence-corrected chi connectivity index (χ0v) is 17.5. The van der Waals surface area contributed by atoms with Gasteiger partial charge in [0.05, 0.1) is 12.8 Å². The van der Waals surface area contributed by atoms with Gasteiger partial charge in [0.1, 0.15) is 11.4 Å². The van der Waals surface area contributed by atoms with Crippen LogP contribution >= 0.6 is 11.8 Å². The predicted octanol–water partition coefficient (Wildman–Crippen LogP) is 5.25. The lowest BCUT2D eigenvalue weighted by Gasteiger charge is -2.11. The molecule has 2 aromatic heterocycles.